The van der Waals surface area contributed by atoms with Gasteiger partial charge in [0.25, 0.3) is 0 Å². The first-order valence-corrected chi connectivity index (χ1v) is 6.27. The molecule has 1 aromatic carbocycles. The lowest BCUT2D eigenvalue weighted by molar-refractivity contribution is 0.123. The summed E-state index contributed by atoms with van der Waals surface area (Å²) in [7, 11) is 4.12. The lowest BCUT2D eigenvalue weighted by Crippen LogP contribution is -2.25. The topological polar surface area (TPSA) is 24.5 Å². The van der Waals surface area contributed by atoms with E-state index in [0.717, 1.165) is 19.8 Å². The second kappa shape index (κ2) is 7.30. The molecule has 0 saturated carbocycles. The molecule has 0 heterocycles. The molecule has 1 unspecified atom stereocenters. The van der Waals surface area contributed by atoms with Crippen molar-refractivity contribution in [2.45, 2.75) is 19.9 Å². The van der Waals surface area contributed by atoms with E-state index in [1.807, 2.05) is 6.92 Å². The molecule has 0 fully saturated rings. The van der Waals surface area contributed by atoms with E-state index in [1.54, 1.807) is 0 Å². The molecular weight excluding hydrogens is 212 g/mol. The maximum Gasteiger partial charge on any atom is 0.0661 e. The van der Waals surface area contributed by atoms with Crippen LogP contribution in [0, 0.1) is 0 Å². The van der Waals surface area contributed by atoms with Crippen molar-refractivity contribution in [2.75, 3.05) is 38.8 Å². The normalized spacial score (nSPS) is 12.5. The fourth-order valence-corrected chi connectivity index (χ4v) is 1.77. The van der Waals surface area contributed by atoms with E-state index in [-0.39, 0.29) is 6.04 Å². The van der Waals surface area contributed by atoms with Gasteiger partial charge in [0.15, 0.2) is 0 Å². The average Bonchev–Trinajstić information content (AvgIpc) is 2.34. The largest absolute Gasteiger partial charge is 0.380 e. The van der Waals surface area contributed by atoms with Crippen LogP contribution >= 0.6 is 0 Å². The lowest BCUT2D eigenvalue weighted by atomic mass is 10.1. The van der Waals surface area contributed by atoms with Gasteiger partial charge >= 0.3 is 0 Å². The highest BCUT2D eigenvalue weighted by Gasteiger charge is 2.10. The van der Waals surface area contributed by atoms with Crippen molar-refractivity contribution >= 4 is 5.69 Å². The SMILES string of the molecule is CCNC(COCC)c1cccc(N(C)C)c1. The molecule has 0 aliphatic heterocycles. The Balaban J connectivity index is 2.81. The smallest absolute Gasteiger partial charge is 0.0661 e. The summed E-state index contributed by atoms with van der Waals surface area (Å²) < 4.78 is 5.53. The monoisotopic (exact) mass is 236 g/mol. The molecule has 0 aliphatic carbocycles. The minimum atomic E-state index is 0.278. The van der Waals surface area contributed by atoms with Gasteiger partial charge < -0.3 is 15.0 Å². The van der Waals surface area contributed by atoms with Crippen LogP contribution in [0.25, 0.3) is 0 Å². The fraction of sp³-hybridized carbons (Fsp3) is 0.571. The fourth-order valence-electron chi connectivity index (χ4n) is 1.77. The molecule has 0 radical (unpaired) electrons. The third-order valence-corrected chi connectivity index (χ3v) is 2.73. The van der Waals surface area contributed by atoms with Crippen molar-refractivity contribution in [2.24, 2.45) is 0 Å². The van der Waals surface area contributed by atoms with E-state index in [2.05, 4.69) is 55.5 Å². The summed E-state index contributed by atoms with van der Waals surface area (Å²) in [5.41, 5.74) is 2.51. The summed E-state index contributed by atoms with van der Waals surface area (Å²) in [6.45, 7) is 6.58. The Hall–Kier alpha value is -1.06. The van der Waals surface area contributed by atoms with Crippen LogP contribution in [-0.4, -0.2) is 33.9 Å². The van der Waals surface area contributed by atoms with E-state index in [4.69, 9.17) is 4.74 Å². The van der Waals surface area contributed by atoms with Gasteiger partial charge in [-0.3, -0.25) is 0 Å². The summed E-state index contributed by atoms with van der Waals surface area (Å²) in [5.74, 6) is 0. The van der Waals surface area contributed by atoms with Gasteiger partial charge in [0.1, 0.15) is 0 Å². The predicted octanol–water partition coefficient (Wildman–Crippen LogP) is 2.44. The second-order valence-electron chi connectivity index (χ2n) is 4.26. The first-order chi connectivity index (χ1) is 8.19. The van der Waals surface area contributed by atoms with E-state index in [1.165, 1.54) is 11.3 Å². The summed E-state index contributed by atoms with van der Waals surface area (Å²) in [6, 6.07) is 8.86. The highest BCUT2D eigenvalue weighted by atomic mass is 16.5. The molecular formula is C14H24N2O. The van der Waals surface area contributed by atoms with Crippen LogP contribution in [0.4, 0.5) is 5.69 Å². The van der Waals surface area contributed by atoms with Crippen LogP contribution < -0.4 is 10.2 Å². The molecule has 0 aromatic heterocycles. The first kappa shape index (κ1) is 14.0. The van der Waals surface area contributed by atoms with Gasteiger partial charge in [-0.05, 0) is 31.2 Å². The van der Waals surface area contributed by atoms with Crippen molar-refractivity contribution in [3.63, 3.8) is 0 Å². The molecule has 1 rings (SSSR count). The number of anilines is 1. The highest BCUT2D eigenvalue weighted by Crippen LogP contribution is 2.19. The molecule has 0 aliphatic rings. The molecule has 3 nitrogen and oxygen atoms in total. The minimum Gasteiger partial charge on any atom is -0.380 e. The summed E-state index contributed by atoms with van der Waals surface area (Å²) in [6.07, 6.45) is 0. The van der Waals surface area contributed by atoms with E-state index >= 15 is 0 Å². The molecule has 0 bridgehead atoms. The number of rotatable bonds is 7. The summed E-state index contributed by atoms with van der Waals surface area (Å²) >= 11 is 0. The molecule has 3 heteroatoms. The predicted molar refractivity (Wildman–Crippen MR) is 73.7 cm³/mol. The standard InChI is InChI=1S/C14H24N2O/c1-5-15-14(11-17-6-2)12-8-7-9-13(10-12)16(3)4/h7-10,14-15H,5-6,11H2,1-4H3. The Kier molecular flexibility index (Phi) is 6.01. The van der Waals surface area contributed by atoms with Gasteiger partial charge in [-0.1, -0.05) is 19.1 Å². The second-order valence-corrected chi connectivity index (χ2v) is 4.26. The maximum absolute atomic E-state index is 5.53. The van der Waals surface area contributed by atoms with Crippen LogP contribution in [0.3, 0.4) is 0 Å². The van der Waals surface area contributed by atoms with Crippen molar-refractivity contribution in [3.05, 3.63) is 29.8 Å². The maximum atomic E-state index is 5.53. The van der Waals surface area contributed by atoms with Gasteiger partial charge in [-0.2, -0.15) is 0 Å². The zero-order valence-electron chi connectivity index (χ0n) is 11.4. The Bertz CT molecular complexity index is 326. The van der Waals surface area contributed by atoms with Crippen LogP contribution in [0.2, 0.25) is 0 Å². The van der Waals surface area contributed by atoms with Crippen molar-refractivity contribution in [1.29, 1.82) is 0 Å². The Morgan fingerprint density at radius 3 is 2.65 bits per heavy atom. The van der Waals surface area contributed by atoms with Crippen LogP contribution in [0.1, 0.15) is 25.5 Å². The van der Waals surface area contributed by atoms with Gasteiger partial charge in [0, 0.05) is 26.4 Å². The Morgan fingerprint density at radius 2 is 2.06 bits per heavy atom. The van der Waals surface area contributed by atoms with Crippen LogP contribution in [-0.2, 0) is 4.74 Å². The molecule has 1 aromatic rings. The minimum absolute atomic E-state index is 0.278. The summed E-state index contributed by atoms with van der Waals surface area (Å²) in [5, 5.41) is 3.46. The molecule has 1 atom stereocenters. The van der Waals surface area contributed by atoms with Crippen molar-refractivity contribution < 1.29 is 4.74 Å². The lowest BCUT2D eigenvalue weighted by Gasteiger charge is -2.20. The van der Waals surface area contributed by atoms with Gasteiger partial charge in [0.05, 0.1) is 12.6 Å². The Morgan fingerprint density at radius 1 is 1.29 bits per heavy atom. The third kappa shape index (κ3) is 4.36. The number of benzene rings is 1. The number of nitrogens with zero attached hydrogens (tertiary/aromatic N) is 1. The average molecular weight is 236 g/mol. The summed E-state index contributed by atoms with van der Waals surface area (Å²) in [4.78, 5) is 2.12. The Labute approximate surface area is 105 Å². The van der Waals surface area contributed by atoms with E-state index in [0.29, 0.717) is 0 Å². The number of hydrogen-bond acceptors (Lipinski definition) is 3. The number of hydrogen-bond donors (Lipinski definition) is 1. The van der Waals surface area contributed by atoms with Crippen molar-refractivity contribution in [1.82, 2.24) is 5.32 Å². The van der Waals surface area contributed by atoms with Crippen LogP contribution in [0.5, 0.6) is 0 Å². The molecule has 96 valence electrons. The number of ether oxygens (including phenoxy) is 1. The quantitative estimate of drug-likeness (QED) is 0.787. The molecule has 0 amide bonds. The molecule has 0 saturated heterocycles. The molecule has 1 N–H and O–H groups in total. The van der Waals surface area contributed by atoms with Crippen LogP contribution in [0.15, 0.2) is 24.3 Å². The van der Waals surface area contributed by atoms with Gasteiger partial charge in [-0.25, -0.2) is 0 Å². The third-order valence-electron chi connectivity index (χ3n) is 2.73. The van der Waals surface area contributed by atoms with Gasteiger partial charge in [-0.15, -0.1) is 0 Å². The number of likely N-dealkylation sites (N-methyl/N-ethyl adjacent to an activating group) is 1. The number of nitrogens with one attached hydrogen (secondary N) is 1. The zero-order chi connectivity index (χ0) is 12.7. The first-order valence-electron chi connectivity index (χ1n) is 6.27. The molecule has 0 spiro atoms. The zero-order valence-corrected chi connectivity index (χ0v) is 11.4. The van der Waals surface area contributed by atoms with Crippen molar-refractivity contribution in [3.8, 4) is 0 Å². The highest BCUT2D eigenvalue weighted by molar-refractivity contribution is 5.47. The van der Waals surface area contributed by atoms with Gasteiger partial charge in [0.2, 0.25) is 0 Å². The van der Waals surface area contributed by atoms with E-state index < -0.39 is 0 Å². The van der Waals surface area contributed by atoms with E-state index in [9.17, 15) is 0 Å². The molecule has 17 heavy (non-hydrogen) atoms.